The summed E-state index contributed by atoms with van der Waals surface area (Å²) >= 11 is 3.98. The van der Waals surface area contributed by atoms with Crippen LogP contribution in [0.2, 0.25) is 0 Å². The molecule has 1 aromatic carbocycles. The van der Waals surface area contributed by atoms with Crippen molar-refractivity contribution >= 4 is 27.8 Å². The van der Waals surface area contributed by atoms with Crippen LogP contribution in [0.3, 0.4) is 0 Å². The van der Waals surface area contributed by atoms with Crippen molar-refractivity contribution < 1.29 is 19.1 Å². The predicted molar refractivity (Wildman–Crippen MR) is 114 cm³/mol. The Hall–Kier alpha value is -1.56. The van der Waals surface area contributed by atoms with Crippen molar-refractivity contribution in [3.63, 3.8) is 0 Å². The molecule has 0 radical (unpaired) electrons. The summed E-state index contributed by atoms with van der Waals surface area (Å²) in [5.41, 5.74) is 0.956. The normalized spacial score (nSPS) is 33.2. The Bertz CT molecular complexity index is 781. The lowest BCUT2D eigenvalue weighted by Gasteiger charge is -2.60. The number of halogens is 1. The minimum Gasteiger partial charge on any atom is -0.496 e. The van der Waals surface area contributed by atoms with E-state index in [-0.39, 0.29) is 34.3 Å². The van der Waals surface area contributed by atoms with Gasteiger partial charge in [0.25, 0.3) is 5.91 Å². The summed E-state index contributed by atoms with van der Waals surface area (Å²) in [5.74, 6) is 1.65. The van der Waals surface area contributed by atoms with Crippen LogP contribution in [0.5, 0.6) is 5.75 Å². The Morgan fingerprint density at radius 2 is 1.90 bits per heavy atom. The standard InChI is InChI=1S/C23H30BrNO4/c1-15(18-5-3-4-6-19(18)28-2)25-20(26)13-29-21(27)12-22-8-16-7-17(9-22)11-23(24,10-16)14-22/h3-6,15-17H,7-14H2,1-2H3,(H,25,26). The summed E-state index contributed by atoms with van der Waals surface area (Å²) in [4.78, 5) is 24.9. The summed E-state index contributed by atoms with van der Waals surface area (Å²) in [6.07, 6.45) is 7.54. The summed E-state index contributed by atoms with van der Waals surface area (Å²) in [5, 5.41) is 2.89. The molecule has 4 fully saturated rings. The Balaban J connectivity index is 1.28. The second-order valence-electron chi connectivity index (χ2n) is 9.48. The second kappa shape index (κ2) is 7.93. The summed E-state index contributed by atoms with van der Waals surface area (Å²) in [6, 6.07) is 7.34. The first-order valence-corrected chi connectivity index (χ1v) is 11.4. The van der Waals surface area contributed by atoms with E-state index in [2.05, 4.69) is 21.2 Å². The van der Waals surface area contributed by atoms with Crippen LogP contribution in [-0.2, 0) is 14.3 Å². The third-order valence-corrected chi connectivity index (χ3v) is 7.91. The van der Waals surface area contributed by atoms with Crippen LogP contribution in [0.4, 0.5) is 0 Å². The summed E-state index contributed by atoms with van der Waals surface area (Å²) in [6.45, 7) is 1.66. The molecule has 158 valence electrons. The first-order valence-electron chi connectivity index (χ1n) is 10.6. The van der Waals surface area contributed by atoms with Crippen LogP contribution < -0.4 is 10.1 Å². The van der Waals surface area contributed by atoms with Gasteiger partial charge in [-0.2, -0.15) is 0 Å². The molecule has 0 heterocycles. The van der Waals surface area contributed by atoms with Crippen LogP contribution in [0.15, 0.2) is 24.3 Å². The molecule has 6 heteroatoms. The molecule has 5 nitrogen and oxygen atoms in total. The molecule has 4 aliphatic rings. The number of amides is 1. The number of esters is 1. The Labute approximate surface area is 181 Å². The topological polar surface area (TPSA) is 64.6 Å². The first kappa shape index (κ1) is 20.7. The van der Waals surface area contributed by atoms with Gasteiger partial charge in [-0.15, -0.1) is 0 Å². The maximum atomic E-state index is 12.6. The fourth-order valence-electron chi connectivity index (χ4n) is 6.43. The molecule has 4 aliphatic carbocycles. The van der Waals surface area contributed by atoms with E-state index in [0.29, 0.717) is 6.42 Å². The third-order valence-electron chi connectivity index (χ3n) is 6.98. The number of rotatable bonds is 7. The lowest BCUT2D eigenvalue weighted by Crippen LogP contribution is -2.53. The molecular weight excluding hydrogens is 434 g/mol. The van der Waals surface area contributed by atoms with Gasteiger partial charge in [-0.1, -0.05) is 34.1 Å². The summed E-state index contributed by atoms with van der Waals surface area (Å²) in [7, 11) is 1.61. The maximum Gasteiger partial charge on any atom is 0.306 e. The predicted octanol–water partition coefficient (Wildman–Crippen LogP) is 4.54. The number of para-hydroxylation sites is 1. The molecule has 3 unspecified atom stereocenters. The number of hydrogen-bond acceptors (Lipinski definition) is 4. The van der Waals surface area contributed by atoms with E-state index in [4.69, 9.17) is 9.47 Å². The van der Waals surface area contributed by atoms with Gasteiger partial charge in [0.1, 0.15) is 5.75 Å². The van der Waals surface area contributed by atoms with E-state index in [1.807, 2.05) is 31.2 Å². The fourth-order valence-corrected chi connectivity index (χ4v) is 7.94. The molecule has 5 rings (SSSR count). The van der Waals surface area contributed by atoms with E-state index in [1.54, 1.807) is 7.11 Å². The number of nitrogens with one attached hydrogen (secondary N) is 1. The van der Waals surface area contributed by atoms with E-state index < -0.39 is 0 Å². The van der Waals surface area contributed by atoms with E-state index in [1.165, 1.54) is 19.3 Å². The highest BCUT2D eigenvalue weighted by molar-refractivity contribution is 9.10. The summed E-state index contributed by atoms with van der Waals surface area (Å²) < 4.78 is 10.9. The molecule has 0 spiro atoms. The molecule has 0 saturated heterocycles. The molecule has 1 N–H and O–H groups in total. The molecule has 1 aromatic rings. The highest BCUT2D eigenvalue weighted by Crippen LogP contribution is 2.65. The van der Waals surface area contributed by atoms with Crippen molar-refractivity contribution in [3.05, 3.63) is 29.8 Å². The number of carbonyl (C=O) groups is 2. The molecule has 4 bridgehead atoms. The van der Waals surface area contributed by atoms with Gasteiger partial charge in [-0.25, -0.2) is 0 Å². The van der Waals surface area contributed by atoms with Crippen LogP contribution in [0.25, 0.3) is 0 Å². The van der Waals surface area contributed by atoms with Crippen molar-refractivity contribution in [3.8, 4) is 5.75 Å². The monoisotopic (exact) mass is 463 g/mol. The maximum absolute atomic E-state index is 12.6. The Morgan fingerprint density at radius 3 is 2.55 bits per heavy atom. The molecule has 0 aliphatic heterocycles. The van der Waals surface area contributed by atoms with Gasteiger partial charge in [0.05, 0.1) is 19.6 Å². The van der Waals surface area contributed by atoms with Crippen molar-refractivity contribution in [2.45, 2.75) is 62.2 Å². The van der Waals surface area contributed by atoms with Crippen molar-refractivity contribution in [1.82, 2.24) is 5.32 Å². The van der Waals surface area contributed by atoms with E-state index in [0.717, 1.165) is 42.4 Å². The SMILES string of the molecule is COc1ccccc1C(C)NC(=O)COC(=O)CC12CC3CC(CC(Br)(C3)C1)C2. The van der Waals surface area contributed by atoms with Crippen LogP contribution in [0, 0.1) is 17.3 Å². The number of carbonyl (C=O) groups excluding carboxylic acids is 2. The second-order valence-corrected chi connectivity index (χ2v) is 11.2. The molecular formula is C23H30BrNO4. The molecule has 0 aromatic heterocycles. The lowest BCUT2D eigenvalue weighted by molar-refractivity contribution is -0.154. The minimum atomic E-state index is -0.292. The van der Waals surface area contributed by atoms with Crippen LogP contribution >= 0.6 is 15.9 Å². The third kappa shape index (κ3) is 4.47. The fraction of sp³-hybridized carbons (Fsp3) is 0.652. The highest BCUT2D eigenvalue weighted by Gasteiger charge is 2.57. The smallest absolute Gasteiger partial charge is 0.306 e. The number of methoxy groups -OCH3 is 1. The zero-order chi connectivity index (χ0) is 20.6. The number of ether oxygens (including phenoxy) is 2. The van der Waals surface area contributed by atoms with Crippen LogP contribution in [-0.4, -0.2) is 29.9 Å². The molecule has 4 saturated carbocycles. The zero-order valence-corrected chi connectivity index (χ0v) is 18.8. The van der Waals surface area contributed by atoms with Crippen LogP contribution in [0.1, 0.15) is 63.5 Å². The Morgan fingerprint density at radius 1 is 1.21 bits per heavy atom. The first-order chi connectivity index (χ1) is 13.8. The average Bonchev–Trinajstić information content (AvgIpc) is 2.64. The number of alkyl halides is 1. The number of hydrogen-bond donors (Lipinski definition) is 1. The van der Waals surface area contributed by atoms with Gasteiger partial charge in [-0.3, -0.25) is 9.59 Å². The highest BCUT2D eigenvalue weighted by atomic mass is 79.9. The molecule has 29 heavy (non-hydrogen) atoms. The molecule has 3 atom stereocenters. The van der Waals surface area contributed by atoms with Crippen molar-refractivity contribution in [2.75, 3.05) is 13.7 Å². The Kier molecular flexibility index (Phi) is 5.66. The van der Waals surface area contributed by atoms with Gasteiger partial charge < -0.3 is 14.8 Å². The number of benzene rings is 1. The average molecular weight is 464 g/mol. The van der Waals surface area contributed by atoms with Gasteiger partial charge in [-0.05, 0) is 68.8 Å². The van der Waals surface area contributed by atoms with Crippen molar-refractivity contribution in [2.24, 2.45) is 17.3 Å². The minimum absolute atomic E-state index is 0.0613. The zero-order valence-electron chi connectivity index (χ0n) is 17.2. The van der Waals surface area contributed by atoms with E-state index in [9.17, 15) is 9.59 Å². The van der Waals surface area contributed by atoms with Gasteiger partial charge in [0.15, 0.2) is 6.61 Å². The largest absolute Gasteiger partial charge is 0.496 e. The van der Waals surface area contributed by atoms with Gasteiger partial charge >= 0.3 is 5.97 Å². The quantitative estimate of drug-likeness (QED) is 0.476. The van der Waals surface area contributed by atoms with Crippen molar-refractivity contribution in [1.29, 1.82) is 0 Å². The molecule has 1 amide bonds. The van der Waals surface area contributed by atoms with Gasteiger partial charge in [0, 0.05) is 9.89 Å². The van der Waals surface area contributed by atoms with E-state index >= 15 is 0 Å². The lowest BCUT2D eigenvalue weighted by atomic mass is 9.49. The van der Waals surface area contributed by atoms with Gasteiger partial charge in [0.2, 0.25) is 0 Å².